The third kappa shape index (κ3) is 3.05. The number of carbonyl (C=O) groups excluding carboxylic acids is 2. The number of aromatic nitrogens is 3. The molecule has 23 heavy (non-hydrogen) atoms. The molecule has 0 radical (unpaired) electrons. The molecule has 1 saturated heterocycles. The molecule has 0 bridgehead atoms. The van der Waals surface area contributed by atoms with Gasteiger partial charge in [-0.25, -0.2) is 4.68 Å². The van der Waals surface area contributed by atoms with Crippen molar-refractivity contribution in [2.75, 3.05) is 13.1 Å². The number of carbonyl (C=O) groups is 2. The summed E-state index contributed by atoms with van der Waals surface area (Å²) in [6.07, 6.45) is 0.731. The van der Waals surface area contributed by atoms with Crippen LogP contribution in [0.5, 0.6) is 0 Å². The second-order valence-electron chi connectivity index (χ2n) is 5.61. The highest BCUT2D eigenvalue weighted by atomic mass is 16.2. The Morgan fingerprint density at radius 3 is 2.83 bits per heavy atom. The summed E-state index contributed by atoms with van der Waals surface area (Å²) >= 11 is 0. The lowest BCUT2D eigenvalue weighted by Crippen LogP contribution is -2.33. The van der Waals surface area contributed by atoms with Crippen LogP contribution in [0.3, 0.4) is 0 Å². The van der Waals surface area contributed by atoms with E-state index >= 15 is 0 Å². The van der Waals surface area contributed by atoms with Crippen molar-refractivity contribution in [3.05, 3.63) is 34.6 Å². The zero-order valence-corrected chi connectivity index (χ0v) is 12.5. The minimum Gasteiger partial charge on any atom is -0.369 e. The van der Waals surface area contributed by atoms with Gasteiger partial charge in [0.25, 0.3) is 5.56 Å². The molecule has 1 fully saturated rings. The van der Waals surface area contributed by atoms with Crippen LogP contribution in [0.2, 0.25) is 0 Å². The lowest BCUT2D eigenvalue weighted by atomic mass is 10.1. The number of nitrogens with two attached hydrogens (primary N) is 1. The minimum absolute atomic E-state index is 0.115. The van der Waals surface area contributed by atoms with Gasteiger partial charge in [-0.3, -0.25) is 14.4 Å². The number of aryl methyl sites for hydroxylation is 1. The first-order valence-corrected chi connectivity index (χ1v) is 7.46. The van der Waals surface area contributed by atoms with Crippen LogP contribution in [-0.2, 0) is 16.1 Å². The van der Waals surface area contributed by atoms with E-state index in [4.69, 9.17) is 5.73 Å². The Morgan fingerprint density at radius 2 is 2.09 bits per heavy atom. The molecule has 1 aliphatic heterocycles. The van der Waals surface area contributed by atoms with Crippen molar-refractivity contribution < 1.29 is 9.59 Å². The predicted molar refractivity (Wildman–Crippen MR) is 82.3 cm³/mol. The number of hydrogen-bond donors (Lipinski definition) is 1. The highest BCUT2D eigenvalue weighted by Gasteiger charge is 2.29. The molecule has 3 rings (SSSR count). The Hall–Kier alpha value is -2.77. The molecular weight excluding hydrogens is 298 g/mol. The van der Waals surface area contributed by atoms with E-state index in [1.54, 1.807) is 29.2 Å². The Labute approximate surface area is 131 Å². The lowest BCUT2D eigenvalue weighted by molar-refractivity contribution is -0.130. The monoisotopic (exact) mass is 315 g/mol. The summed E-state index contributed by atoms with van der Waals surface area (Å²) in [7, 11) is 0. The molecular formula is C15H17N5O3. The van der Waals surface area contributed by atoms with Crippen molar-refractivity contribution >= 4 is 22.7 Å². The molecule has 2 amide bonds. The second kappa shape index (κ2) is 6.15. The molecule has 1 aromatic carbocycles. The molecule has 0 aliphatic carbocycles. The van der Waals surface area contributed by atoms with E-state index in [2.05, 4.69) is 10.3 Å². The van der Waals surface area contributed by atoms with Crippen LogP contribution in [0, 0.1) is 5.92 Å². The highest BCUT2D eigenvalue weighted by Crippen LogP contribution is 2.16. The molecule has 2 N–H and O–H groups in total. The topological polar surface area (TPSA) is 111 Å². The van der Waals surface area contributed by atoms with Crippen molar-refractivity contribution in [2.24, 2.45) is 11.7 Å². The van der Waals surface area contributed by atoms with E-state index < -0.39 is 0 Å². The van der Waals surface area contributed by atoms with Crippen molar-refractivity contribution in [2.45, 2.75) is 19.4 Å². The average Bonchev–Trinajstić information content (AvgIpc) is 3.04. The number of benzene rings is 1. The van der Waals surface area contributed by atoms with Gasteiger partial charge in [-0.05, 0) is 18.6 Å². The molecule has 0 unspecified atom stereocenters. The van der Waals surface area contributed by atoms with Gasteiger partial charge in [0.05, 0.1) is 17.8 Å². The fourth-order valence-electron chi connectivity index (χ4n) is 2.75. The Morgan fingerprint density at radius 1 is 1.30 bits per heavy atom. The summed E-state index contributed by atoms with van der Waals surface area (Å²) in [5.41, 5.74) is 5.52. The lowest BCUT2D eigenvalue weighted by Gasteiger charge is -2.15. The summed E-state index contributed by atoms with van der Waals surface area (Å²) in [6.45, 7) is 1.03. The summed E-state index contributed by atoms with van der Waals surface area (Å²) in [5.74, 6) is -0.769. The quantitative estimate of drug-likeness (QED) is 0.819. The summed E-state index contributed by atoms with van der Waals surface area (Å²) in [5, 5.41) is 8.31. The van der Waals surface area contributed by atoms with Gasteiger partial charge in [-0.15, -0.1) is 5.10 Å². The summed E-state index contributed by atoms with van der Waals surface area (Å²) in [6, 6.07) is 6.94. The van der Waals surface area contributed by atoms with Gasteiger partial charge < -0.3 is 10.6 Å². The Bertz CT molecular complexity index is 816. The first-order valence-electron chi connectivity index (χ1n) is 7.46. The largest absolute Gasteiger partial charge is 0.369 e. The first kappa shape index (κ1) is 15.1. The van der Waals surface area contributed by atoms with Crippen molar-refractivity contribution in [1.82, 2.24) is 19.9 Å². The second-order valence-corrected chi connectivity index (χ2v) is 5.61. The van der Waals surface area contributed by atoms with Crippen LogP contribution in [0.25, 0.3) is 10.9 Å². The molecule has 1 atom stereocenters. The van der Waals surface area contributed by atoms with Crippen molar-refractivity contribution in [3.63, 3.8) is 0 Å². The SMILES string of the molecule is NC(=O)[C@@H]1CCN(C(=O)CCn2nnc3ccccc3c2=O)C1. The van der Waals surface area contributed by atoms with Crippen molar-refractivity contribution in [3.8, 4) is 0 Å². The fraction of sp³-hybridized carbons (Fsp3) is 0.400. The Kier molecular flexibility index (Phi) is 4.05. The van der Waals surface area contributed by atoms with Crippen molar-refractivity contribution in [1.29, 1.82) is 0 Å². The number of rotatable bonds is 4. The molecule has 120 valence electrons. The third-order valence-electron chi connectivity index (χ3n) is 4.11. The van der Waals surface area contributed by atoms with Gasteiger partial charge in [-0.1, -0.05) is 17.3 Å². The Balaban J connectivity index is 1.67. The standard InChI is InChI=1S/C15H17N5O3/c16-14(22)10-5-7-19(9-10)13(21)6-8-20-15(23)11-3-1-2-4-12(11)17-18-20/h1-4,10H,5-9H2,(H2,16,22)/t10-/m1/s1. The zero-order chi connectivity index (χ0) is 16.4. The number of hydrogen-bond acceptors (Lipinski definition) is 5. The number of primary amides is 1. The maximum atomic E-state index is 12.3. The summed E-state index contributed by atoms with van der Waals surface area (Å²) < 4.78 is 1.20. The van der Waals surface area contributed by atoms with Crippen LogP contribution in [0.15, 0.2) is 29.1 Å². The van der Waals surface area contributed by atoms with E-state index in [0.29, 0.717) is 30.4 Å². The van der Waals surface area contributed by atoms with Crippen LogP contribution in [-0.4, -0.2) is 44.8 Å². The van der Waals surface area contributed by atoms with Gasteiger partial charge >= 0.3 is 0 Å². The fourth-order valence-corrected chi connectivity index (χ4v) is 2.75. The van der Waals surface area contributed by atoms with E-state index in [1.165, 1.54) is 4.68 Å². The predicted octanol–water partition coefficient (Wildman–Crippen LogP) is -0.485. The highest BCUT2D eigenvalue weighted by molar-refractivity contribution is 5.81. The number of nitrogens with zero attached hydrogens (tertiary/aromatic N) is 4. The van der Waals surface area contributed by atoms with Crippen LogP contribution >= 0.6 is 0 Å². The maximum Gasteiger partial charge on any atom is 0.277 e. The van der Waals surface area contributed by atoms with Crippen LogP contribution < -0.4 is 11.3 Å². The molecule has 1 aromatic heterocycles. The summed E-state index contributed by atoms with van der Waals surface area (Å²) in [4.78, 5) is 37.2. The normalized spacial score (nSPS) is 17.6. The molecule has 0 spiro atoms. The molecule has 1 aliphatic rings. The molecule has 2 heterocycles. The van der Waals surface area contributed by atoms with Gasteiger partial charge in [0.15, 0.2) is 0 Å². The average molecular weight is 315 g/mol. The molecule has 8 nitrogen and oxygen atoms in total. The number of fused-ring (bicyclic) bond motifs is 1. The number of amides is 2. The van der Waals surface area contributed by atoms with Crippen LogP contribution in [0.4, 0.5) is 0 Å². The maximum absolute atomic E-state index is 12.3. The number of likely N-dealkylation sites (tertiary alicyclic amines) is 1. The van der Waals surface area contributed by atoms with E-state index in [-0.39, 0.29) is 36.3 Å². The van der Waals surface area contributed by atoms with Crippen LogP contribution in [0.1, 0.15) is 12.8 Å². The third-order valence-corrected chi connectivity index (χ3v) is 4.11. The van der Waals surface area contributed by atoms with Gasteiger partial charge in [0, 0.05) is 19.5 Å². The molecule has 8 heteroatoms. The van der Waals surface area contributed by atoms with Gasteiger partial charge in [0.1, 0.15) is 5.52 Å². The van der Waals surface area contributed by atoms with Gasteiger partial charge in [-0.2, -0.15) is 0 Å². The van der Waals surface area contributed by atoms with E-state index in [1.807, 2.05) is 0 Å². The molecule has 2 aromatic rings. The zero-order valence-electron chi connectivity index (χ0n) is 12.5. The smallest absolute Gasteiger partial charge is 0.277 e. The minimum atomic E-state index is -0.378. The first-order chi connectivity index (χ1) is 11.1. The molecule has 0 saturated carbocycles. The van der Waals surface area contributed by atoms with Gasteiger partial charge in [0.2, 0.25) is 11.8 Å². The van der Waals surface area contributed by atoms with E-state index in [9.17, 15) is 14.4 Å². The van der Waals surface area contributed by atoms with E-state index in [0.717, 1.165) is 0 Å².